The van der Waals surface area contributed by atoms with Gasteiger partial charge in [0.15, 0.2) is 0 Å². The molecule has 1 aliphatic heterocycles. The van der Waals surface area contributed by atoms with Crippen molar-refractivity contribution in [3.05, 3.63) is 59.8 Å². The fourth-order valence-corrected chi connectivity index (χ4v) is 6.77. The molecule has 1 aliphatic rings. The lowest BCUT2D eigenvalue weighted by atomic mass is 10.0. The molecule has 1 N–H and O–H groups in total. The average Bonchev–Trinajstić information content (AvgIpc) is 3.48. The molecule has 4 aromatic rings. The highest BCUT2D eigenvalue weighted by Crippen LogP contribution is 2.33. The zero-order valence-corrected chi connectivity index (χ0v) is 22.6. The molecule has 3 heterocycles. The van der Waals surface area contributed by atoms with Crippen LogP contribution in [0.3, 0.4) is 0 Å². The summed E-state index contributed by atoms with van der Waals surface area (Å²) in [5.41, 5.74) is 1.81. The van der Waals surface area contributed by atoms with Crippen LogP contribution in [0.25, 0.3) is 15.3 Å². The second-order valence-corrected chi connectivity index (χ2v) is 12.1. The summed E-state index contributed by atoms with van der Waals surface area (Å²) in [6.45, 7) is 7.48. The molecular weight excluding hydrogens is 510 g/mol. The van der Waals surface area contributed by atoms with Crippen LogP contribution < -0.4 is 10.1 Å². The number of benzene rings is 2. The minimum atomic E-state index is -3.58. The Kier molecular flexibility index (Phi) is 7.02. The first-order valence-corrected chi connectivity index (χ1v) is 14.5. The van der Waals surface area contributed by atoms with E-state index in [0.717, 1.165) is 28.8 Å². The fourth-order valence-electron chi connectivity index (χ4n) is 4.35. The SMILES string of the molecule is CCOc1cccc2sc(-n3nc(C)cc3NC(=O)c3ccc(S(=O)(=O)N4CCC(C)CC4)cc3)nc12. The van der Waals surface area contributed by atoms with Gasteiger partial charge in [-0.05, 0) is 69.0 Å². The van der Waals surface area contributed by atoms with Gasteiger partial charge >= 0.3 is 0 Å². The summed E-state index contributed by atoms with van der Waals surface area (Å²) in [7, 11) is -3.58. The second kappa shape index (κ2) is 10.2. The summed E-state index contributed by atoms with van der Waals surface area (Å²) in [4.78, 5) is 18.0. The first kappa shape index (κ1) is 25.4. The zero-order valence-electron chi connectivity index (χ0n) is 21.0. The number of aryl methyl sites for hydroxylation is 1. The molecule has 2 aromatic carbocycles. The van der Waals surface area contributed by atoms with E-state index in [2.05, 4.69) is 17.3 Å². The molecule has 0 aliphatic carbocycles. The van der Waals surface area contributed by atoms with Gasteiger partial charge in [0, 0.05) is 24.7 Å². The molecule has 11 heteroatoms. The molecule has 5 rings (SSSR count). The van der Waals surface area contributed by atoms with Crippen molar-refractivity contribution in [2.45, 2.75) is 38.5 Å². The minimum absolute atomic E-state index is 0.194. The second-order valence-electron chi connectivity index (χ2n) is 9.18. The van der Waals surface area contributed by atoms with Crippen molar-refractivity contribution < 1.29 is 17.9 Å². The number of carbonyl (C=O) groups is 1. The summed E-state index contributed by atoms with van der Waals surface area (Å²) in [6, 6.07) is 13.6. The van der Waals surface area contributed by atoms with E-state index in [9.17, 15) is 13.2 Å². The largest absolute Gasteiger partial charge is 0.492 e. The standard InChI is InChI=1S/C26H29N5O4S2/c1-4-35-21-6-5-7-22-24(21)28-26(36-22)31-23(16-18(3)29-31)27-25(32)19-8-10-20(11-9-19)37(33,34)30-14-12-17(2)13-15-30/h5-11,16-17H,4,12-15H2,1-3H3,(H,27,32). The molecule has 0 unspecified atom stereocenters. The normalized spacial score (nSPS) is 15.2. The van der Waals surface area contributed by atoms with Gasteiger partial charge in [0.1, 0.15) is 17.1 Å². The van der Waals surface area contributed by atoms with Gasteiger partial charge < -0.3 is 10.1 Å². The quantitative estimate of drug-likeness (QED) is 0.359. The van der Waals surface area contributed by atoms with Crippen LogP contribution in [0.15, 0.2) is 53.4 Å². The molecule has 9 nitrogen and oxygen atoms in total. The van der Waals surface area contributed by atoms with E-state index in [1.807, 2.05) is 32.0 Å². The van der Waals surface area contributed by atoms with Gasteiger partial charge in [-0.15, -0.1) is 0 Å². The Morgan fingerprint density at radius 3 is 2.59 bits per heavy atom. The Labute approximate surface area is 220 Å². The lowest BCUT2D eigenvalue weighted by Gasteiger charge is -2.29. The molecule has 37 heavy (non-hydrogen) atoms. The number of piperidine rings is 1. The van der Waals surface area contributed by atoms with Gasteiger partial charge in [0.05, 0.1) is 21.9 Å². The molecule has 1 fully saturated rings. The predicted molar refractivity (Wildman–Crippen MR) is 144 cm³/mol. The Morgan fingerprint density at radius 1 is 1.16 bits per heavy atom. The molecule has 1 saturated heterocycles. The van der Waals surface area contributed by atoms with Crippen LogP contribution in [0.5, 0.6) is 5.75 Å². The maximum Gasteiger partial charge on any atom is 0.256 e. The minimum Gasteiger partial charge on any atom is -0.492 e. The molecule has 0 spiro atoms. The van der Waals surface area contributed by atoms with E-state index >= 15 is 0 Å². The van der Waals surface area contributed by atoms with Gasteiger partial charge in [-0.3, -0.25) is 4.79 Å². The number of hydrogen-bond acceptors (Lipinski definition) is 7. The van der Waals surface area contributed by atoms with E-state index in [1.54, 1.807) is 10.7 Å². The van der Waals surface area contributed by atoms with Crippen LogP contribution >= 0.6 is 11.3 Å². The smallest absolute Gasteiger partial charge is 0.256 e. The van der Waals surface area contributed by atoms with E-state index in [4.69, 9.17) is 9.72 Å². The Morgan fingerprint density at radius 2 is 1.89 bits per heavy atom. The van der Waals surface area contributed by atoms with Crippen molar-refractivity contribution in [1.82, 2.24) is 19.1 Å². The van der Waals surface area contributed by atoms with E-state index in [-0.39, 0.29) is 10.8 Å². The van der Waals surface area contributed by atoms with Crippen LogP contribution in [-0.4, -0.2) is 53.1 Å². The first-order chi connectivity index (χ1) is 17.8. The molecule has 0 bridgehead atoms. The maximum absolute atomic E-state index is 13.1. The third-order valence-corrected chi connectivity index (χ3v) is 9.33. The highest BCUT2D eigenvalue weighted by atomic mass is 32.2. The number of amides is 1. The molecule has 0 saturated carbocycles. The van der Waals surface area contributed by atoms with Crippen molar-refractivity contribution in [1.29, 1.82) is 0 Å². The first-order valence-electron chi connectivity index (χ1n) is 12.3. The zero-order chi connectivity index (χ0) is 26.2. The molecule has 1 amide bonds. The van der Waals surface area contributed by atoms with Crippen LogP contribution in [0.4, 0.5) is 5.82 Å². The van der Waals surface area contributed by atoms with Gasteiger partial charge in [-0.2, -0.15) is 14.1 Å². The summed E-state index contributed by atoms with van der Waals surface area (Å²) >= 11 is 1.45. The van der Waals surface area contributed by atoms with Gasteiger partial charge in [-0.25, -0.2) is 13.4 Å². The lowest BCUT2D eigenvalue weighted by Crippen LogP contribution is -2.37. The molecule has 0 radical (unpaired) electrons. The molecular formula is C26H29N5O4S2. The topological polar surface area (TPSA) is 106 Å². The Bertz CT molecular complexity index is 1530. The highest BCUT2D eigenvalue weighted by molar-refractivity contribution is 7.89. The number of ether oxygens (including phenoxy) is 1. The van der Waals surface area contributed by atoms with Gasteiger partial charge in [0.2, 0.25) is 15.2 Å². The van der Waals surface area contributed by atoms with Crippen molar-refractivity contribution in [3.8, 4) is 10.9 Å². The monoisotopic (exact) mass is 539 g/mol. The van der Waals surface area contributed by atoms with Gasteiger partial charge in [-0.1, -0.05) is 24.3 Å². The molecule has 194 valence electrons. The number of hydrogen-bond donors (Lipinski definition) is 1. The van der Waals surface area contributed by atoms with Crippen LogP contribution in [0.1, 0.15) is 42.7 Å². The van der Waals surface area contributed by atoms with E-state index in [0.29, 0.717) is 47.9 Å². The van der Waals surface area contributed by atoms with Crippen LogP contribution in [-0.2, 0) is 10.0 Å². The molecule has 2 aromatic heterocycles. The number of nitrogens with one attached hydrogen (secondary N) is 1. The van der Waals surface area contributed by atoms with Crippen molar-refractivity contribution in [2.24, 2.45) is 5.92 Å². The number of rotatable bonds is 7. The number of aromatic nitrogens is 3. The highest BCUT2D eigenvalue weighted by Gasteiger charge is 2.28. The molecule has 0 atom stereocenters. The van der Waals surface area contributed by atoms with Crippen molar-refractivity contribution in [3.63, 3.8) is 0 Å². The van der Waals surface area contributed by atoms with Gasteiger partial charge in [0.25, 0.3) is 5.91 Å². The number of anilines is 1. The van der Waals surface area contributed by atoms with Crippen molar-refractivity contribution in [2.75, 3.05) is 25.0 Å². The summed E-state index contributed by atoms with van der Waals surface area (Å²) < 4.78 is 35.8. The number of carbonyl (C=O) groups excluding carboxylic acids is 1. The summed E-state index contributed by atoms with van der Waals surface area (Å²) in [5, 5.41) is 8.02. The van der Waals surface area contributed by atoms with Crippen molar-refractivity contribution >= 4 is 43.3 Å². The van der Waals surface area contributed by atoms with Crippen LogP contribution in [0, 0.1) is 12.8 Å². The predicted octanol–water partition coefficient (Wildman–Crippen LogP) is 4.86. The maximum atomic E-state index is 13.1. The number of fused-ring (bicyclic) bond motifs is 1. The summed E-state index contributed by atoms with van der Waals surface area (Å²) in [6.07, 6.45) is 1.71. The number of thiazole rings is 1. The number of nitrogens with zero attached hydrogens (tertiary/aromatic N) is 4. The number of sulfonamides is 1. The third-order valence-electron chi connectivity index (χ3n) is 6.42. The average molecular weight is 540 g/mol. The number of para-hydroxylation sites is 1. The summed E-state index contributed by atoms with van der Waals surface area (Å²) in [5.74, 6) is 1.34. The fraction of sp³-hybridized carbons (Fsp3) is 0.346. The third kappa shape index (κ3) is 5.11. The lowest BCUT2D eigenvalue weighted by molar-refractivity contribution is 0.102. The van der Waals surface area contributed by atoms with Crippen LogP contribution in [0.2, 0.25) is 0 Å². The Hall–Kier alpha value is -3.28. The Balaban J connectivity index is 1.36. The van der Waals surface area contributed by atoms with E-state index < -0.39 is 10.0 Å². The van der Waals surface area contributed by atoms with E-state index in [1.165, 1.54) is 39.9 Å².